The Bertz CT molecular complexity index is 682. The minimum absolute atomic E-state index is 0.256. The third-order valence-corrected chi connectivity index (χ3v) is 5.17. The lowest BCUT2D eigenvalue weighted by Gasteiger charge is -2.46. The number of ether oxygens (including phenoxy) is 4. The molecule has 0 saturated carbocycles. The molecule has 2 heterocycles. The van der Waals surface area contributed by atoms with Crippen molar-refractivity contribution in [1.82, 2.24) is 0 Å². The van der Waals surface area contributed by atoms with E-state index < -0.39 is 36.9 Å². The predicted octanol–water partition coefficient (Wildman–Crippen LogP) is 4.02. The van der Waals surface area contributed by atoms with Gasteiger partial charge >= 0.3 is 0 Å². The molecular weight excluding hydrogens is 374 g/mol. The summed E-state index contributed by atoms with van der Waals surface area (Å²) in [6, 6.07) is 8.61. The van der Waals surface area contributed by atoms with Crippen molar-refractivity contribution in [3.63, 3.8) is 0 Å². The first-order valence-electron chi connectivity index (χ1n) is 10.2. The molecule has 8 nitrogen and oxygen atoms in total. The van der Waals surface area contributed by atoms with E-state index in [1.165, 1.54) is 0 Å². The van der Waals surface area contributed by atoms with Crippen LogP contribution in [-0.2, 0) is 18.9 Å². The van der Waals surface area contributed by atoms with Crippen LogP contribution in [0.5, 0.6) is 0 Å². The van der Waals surface area contributed by atoms with Gasteiger partial charge in [0, 0.05) is 17.1 Å². The van der Waals surface area contributed by atoms with E-state index in [2.05, 4.69) is 16.6 Å². The molecule has 0 amide bonds. The molecule has 1 aromatic rings. The Labute approximate surface area is 171 Å². The number of azide groups is 1. The van der Waals surface area contributed by atoms with Crippen LogP contribution in [0.1, 0.15) is 44.0 Å². The third-order valence-electron chi connectivity index (χ3n) is 5.17. The SMILES string of the molecule is C=CCCCCCCO[C@@H]1OC2COC(c3ccccc3)O[C@@H]2[C@H](O)C1N=[N+]=[N-]. The van der Waals surface area contributed by atoms with E-state index in [4.69, 9.17) is 24.5 Å². The zero-order valence-corrected chi connectivity index (χ0v) is 16.5. The van der Waals surface area contributed by atoms with Crippen molar-refractivity contribution in [2.75, 3.05) is 13.2 Å². The van der Waals surface area contributed by atoms with E-state index in [0.29, 0.717) is 6.61 Å². The molecule has 0 aliphatic carbocycles. The monoisotopic (exact) mass is 403 g/mol. The lowest BCUT2D eigenvalue weighted by Crippen LogP contribution is -2.61. The van der Waals surface area contributed by atoms with Gasteiger partial charge in [-0.05, 0) is 24.8 Å². The van der Waals surface area contributed by atoms with Crippen LogP contribution in [-0.4, -0.2) is 49.0 Å². The van der Waals surface area contributed by atoms with Crippen LogP contribution >= 0.6 is 0 Å². The van der Waals surface area contributed by atoms with Gasteiger partial charge in [0.1, 0.15) is 18.2 Å². The van der Waals surface area contributed by atoms with Crippen LogP contribution in [0.4, 0.5) is 0 Å². The molecule has 3 unspecified atom stereocenters. The summed E-state index contributed by atoms with van der Waals surface area (Å²) < 4.78 is 23.5. The van der Waals surface area contributed by atoms with Crippen molar-refractivity contribution in [2.24, 2.45) is 5.11 Å². The number of benzene rings is 1. The van der Waals surface area contributed by atoms with E-state index in [0.717, 1.165) is 37.7 Å². The van der Waals surface area contributed by atoms with E-state index in [-0.39, 0.29) is 6.61 Å². The van der Waals surface area contributed by atoms with Crippen molar-refractivity contribution in [3.05, 3.63) is 59.0 Å². The second-order valence-electron chi connectivity index (χ2n) is 7.27. The van der Waals surface area contributed by atoms with Crippen LogP contribution in [0.3, 0.4) is 0 Å². The first-order valence-corrected chi connectivity index (χ1v) is 10.2. The number of aliphatic hydroxyl groups excluding tert-OH is 1. The van der Waals surface area contributed by atoms with Gasteiger partial charge in [-0.2, -0.15) is 0 Å². The van der Waals surface area contributed by atoms with Gasteiger partial charge in [-0.15, -0.1) is 6.58 Å². The van der Waals surface area contributed by atoms with Gasteiger partial charge in [-0.3, -0.25) is 0 Å². The number of hydrogen-bond acceptors (Lipinski definition) is 6. The maximum Gasteiger partial charge on any atom is 0.184 e. The van der Waals surface area contributed by atoms with E-state index >= 15 is 0 Å². The fourth-order valence-corrected chi connectivity index (χ4v) is 3.62. The molecule has 2 aliphatic rings. The summed E-state index contributed by atoms with van der Waals surface area (Å²) in [4.78, 5) is 2.86. The largest absolute Gasteiger partial charge is 0.390 e. The number of fused-ring (bicyclic) bond motifs is 1. The maximum absolute atomic E-state index is 10.8. The first kappa shape index (κ1) is 21.8. The summed E-state index contributed by atoms with van der Waals surface area (Å²) in [5.41, 5.74) is 9.79. The Kier molecular flexibility index (Phi) is 8.49. The minimum Gasteiger partial charge on any atom is -0.390 e. The Balaban J connectivity index is 1.56. The standard InChI is InChI=1S/C21H29N3O5/c1-2-3-4-5-6-10-13-26-21-17(23-24-22)18(25)19-16(28-21)14-27-20(29-19)15-11-8-7-9-12-15/h2,7-9,11-12,16-21,25H,1,3-6,10,13-14H2/t16?,17?,18-,19+,20?,21-/m1/s1. The Morgan fingerprint density at radius 3 is 2.76 bits per heavy atom. The van der Waals surface area contributed by atoms with Gasteiger partial charge in [-0.25, -0.2) is 0 Å². The Hall–Kier alpha value is -1.93. The molecule has 29 heavy (non-hydrogen) atoms. The molecule has 2 fully saturated rings. The average Bonchev–Trinajstić information content (AvgIpc) is 2.76. The second-order valence-corrected chi connectivity index (χ2v) is 7.27. The Morgan fingerprint density at radius 1 is 1.21 bits per heavy atom. The van der Waals surface area contributed by atoms with Crippen LogP contribution < -0.4 is 0 Å². The highest BCUT2D eigenvalue weighted by molar-refractivity contribution is 5.16. The first-order chi connectivity index (χ1) is 14.2. The molecule has 8 heteroatoms. The van der Waals surface area contributed by atoms with Gasteiger partial charge in [0.15, 0.2) is 12.6 Å². The van der Waals surface area contributed by atoms with E-state index in [1.807, 2.05) is 36.4 Å². The molecule has 0 bridgehead atoms. The zero-order valence-electron chi connectivity index (χ0n) is 16.5. The maximum atomic E-state index is 10.8. The predicted molar refractivity (Wildman–Crippen MR) is 107 cm³/mol. The van der Waals surface area contributed by atoms with Crippen molar-refractivity contribution >= 4 is 0 Å². The molecule has 1 aromatic carbocycles. The molecule has 3 rings (SSSR count). The number of hydrogen-bond donors (Lipinski definition) is 1. The smallest absolute Gasteiger partial charge is 0.184 e. The molecule has 2 aliphatic heterocycles. The summed E-state index contributed by atoms with van der Waals surface area (Å²) in [6.07, 6.45) is 3.44. The number of unbranched alkanes of at least 4 members (excludes halogenated alkanes) is 4. The highest BCUT2D eigenvalue weighted by atomic mass is 16.7. The minimum atomic E-state index is -1.04. The molecule has 0 radical (unpaired) electrons. The summed E-state index contributed by atoms with van der Waals surface area (Å²) in [5.74, 6) is 0. The molecule has 2 saturated heterocycles. The fourth-order valence-electron chi connectivity index (χ4n) is 3.62. The number of rotatable bonds is 10. The van der Waals surface area contributed by atoms with Crippen molar-refractivity contribution in [2.45, 2.75) is 69.0 Å². The quantitative estimate of drug-likeness (QED) is 0.209. The zero-order chi connectivity index (χ0) is 20.5. The van der Waals surface area contributed by atoms with E-state index in [1.54, 1.807) is 0 Å². The average molecular weight is 403 g/mol. The second kappa shape index (κ2) is 11.3. The van der Waals surface area contributed by atoms with Gasteiger partial charge in [-0.1, -0.05) is 54.4 Å². The van der Waals surface area contributed by atoms with Crippen molar-refractivity contribution in [1.29, 1.82) is 0 Å². The summed E-state index contributed by atoms with van der Waals surface area (Å²) >= 11 is 0. The van der Waals surface area contributed by atoms with Crippen LogP contribution in [0.15, 0.2) is 48.1 Å². The van der Waals surface area contributed by atoms with Crippen LogP contribution in [0.25, 0.3) is 10.4 Å². The molecule has 1 N–H and O–H groups in total. The molecule has 6 atom stereocenters. The topological polar surface area (TPSA) is 106 Å². The summed E-state index contributed by atoms with van der Waals surface area (Å²) in [5, 5.41) is 14.5. The summed E-state index contributed by atoms with van der Waals surface area (Å²) in [7, 11) is 0. The normalized spacial score (nSPS) is 31.5. The Morgan fingerprint density at radius 2 is 2.00 bits per heavy atom. The van der Waals surface area contributed by atoms with Gasteiger partial charge in [0.05, 0.1) is 12.7 Å². The lowest BCUT2D eigenvalue weighted by atomic mass is 9.96. The van der Waals surface area contributed by atoms with Gasteiger partial charge in [0.25, 0.3) is 0 Å². The fraction of sp³-hybridized carbons (Fsp3) is 0.619. The summed E-state index contributed by atoms with van der Waals surface area (Å²) in [6.45, 7) is 4.44. The van der Waals surface area contributed by atoms with Crippen LogP contribution in [0.2, 0.25) is 0 Å². The molecule has 0 aromatic heterocycles. The number of aliphatic hydroxyl groups is 1. The number of allylic oxidation sites excluding steroid dienone is 1. The molecule has 0 spiro atoms. The number of nitrogens with zero attached hydrogens (tertiary/aromatic N) is 3. The molecular formula is C21H29N3O5. The molecule has 158 valence electrons. The van der Waals surface area contributed by atoms with Gasteiger partial charge in [0.2, 0.25) is 0 Å². The van der Waals surface area contributed by atoms with Crippen LogP contribution in [0, 0.1) is 0 Å². The highest BCUT2D eigenvalue weighted by Crippen LogP contribution is 2.35. The van der Waals surface area contributed by atoms with Crippen molar-refractivity contribution in [3.8, 4) is 0 Å². The highest BCUT2D eigenvalue weighted by Gasteiger charge is 2.49. The third kappa shape index (κ3) is 5.79. The lowest BCUT2D eigenvalue weighted by molar-refractivity contribution is -0.341. The van der Waals surface area contributed by atoms with Gasteiger partial charge < -0.3 is 24.1 Å². The van der Waals surface area contributed by atoms with E-state index in [9.17, 15) is 5.11 Å². The van der Waals surface area contributed by atoms with Crippen molar-refractivity contribution < 1.29 is 24.1 Å².